The van der Waals surface area contributed by atoms with Crippen LogP contribution in [0.4, 0.5) is 0 Å². The van der Waals surface area contributed by atoms with E-state index in [-0.39, 0.29) is 5.41 Å². The summed E-state index contributed by atoms with van der Waals surface area (Å²) < 4.78 is 2.38. The maximum absolute atomic E-state index is 6.08. The van der Waals surface area contributed by atoms with Gasteiger partial charge in [0, 0.05) is 16.4 Å². The van der Waals surface area contributed by atoms with Crippen molar-refractivity contribution in [1.82, 2.24) is 4.98 Å². The summed E-state index contributed by atoms with van der Waals surface area (Å²) in [5.74, 6) is 0. The Bertz CT molecular complexity index is 558. The number of nitrogens with two attached hydrogens (primary N) is 1. The van der Waals surface area contributed by atoms with Crippen LogP contribution in [0.3, 0.4) is 0 Å². The van der Waals surface area contributed by atoms with Gasteiger partial charge in [0.1, 0.15) is 5.01 Å². The highest BCUT2D eigenvalue weighted by Gasteiger charge is 2.35. The maximum Gasteiger partial charge on any atom is 0.101 e. The van der Waals surface area contributed by atoms with E-state index in [1.807, 2.05) is 11.3 Å². The minimum absolute atomic E-state index is 0.147. The fourth-order valence-electron chi connectivity index (χ4n) is 2.86. The van der Waals surface area contributed by atoms with Gasteiger partial charge in [0.25, 0.3) is 0 Å². The highest BCUT2D eigenvalue weighted by molar-refractivity contribution is 9.10. The van der Waals surface area contributed by atoms with E-state index in [1.54, 1.807) is 0 Å². The molecule has 0 amide bonds. The minimum atomic E-state index is 0.147. The third kappa shape index (κ3) is 2.10. The maximum atomic E-state index is 6.08. The fraction of sp³-hybridized carbons (Fsp3) is 0.500. The molecule has 1 fully saturated rings. The molecule has 2 aromatic rings. The number of fused-ring (bicyclic) bond motifs is 1. The third-order valence-electron chi connectivity index (χ3n) is 4.01. The molecule has 0 aliphatic heterocycles. The number of hydrogen-bond donors (Lipinski definition) is 1. The molecule has 1 aliphatic rings. The van der Waals surface area contributed by atoms with Crippen molar-refractivity contribution in [2.24, 2.45) is 5.73 Å². The Labute approximate surface area is 120 Å². The van der Waals surface area contributed by atoms with Crippen molar-refractivity contribution < 1.29 is 0 Å². The number of aromatic nitrogens is 1. The van der Waals surface area contributed by atoms with Crippen LogP contribution < -0.4 is 5.73 Å². The second kappa shape index (κ2) is 4.91. The molecule has 96 valence electrons. The summed E-state index contributed by atoms with van der Waals surface area (Å²) in [6, 6.07) is 6.30. The van der Waals surface area contributed by atoms with Gasteiger partial charge < -0.3 is 5.73 Å². The molecule has 0 bridgehead atoms. The Morgan fingerprint density at radius 1 is 1.28 bits per heavy atom. The molecule has 0 spiro atoms. The predicted molar refractivity (Wildman–Crippen MR) is 81.1 cm³/mol. The van der Waals surface area contributed by atoms with E-state index < -0.39 is 0 Å². The zero-order valence-electron chi connectivity index (χ0n) is 10.3. The van der Waals surface area contributed by atoms with Crippen LogP contribution in [0.5, 0.6) is 0 Å². The van der Waals surface area contributed by atoms with E-state index >= 15 is 0 Å². The highest BCUT2D eigenvalue weighted by Crippen LogP contribution is 2.42. The molecule has 1 saturated carbocycles. The molecule has 3 rings (SSSR count). The topological polar surface area (TPSA) is 38.9 Å². The van der Waals surface area contributed by atoms with Crippen LogP contribution >= 0.6 is 27.3 Å². The fourth-order valence-corrected chi connectivity index (χ4v) is 4.63. The van der Waals surface area contributed by atoms with E-state index in [4.69, 9.17) is 10.7 Å². The van der Waals surface area contributed by atoms with E-state index in [0.717, 1.165) is 16.5 Å². The van der Waals surface area contributed by atoms with Gasteiger partial charge in [-0.2, -0.15) is 0 Å². The van der Waals surface area contributed by atoms with Gasteiger partial charge in [0.05, 0.1) is 10.2 Å². The van der Waals surface area contributed by atoms with Crippen LogP contribution in [-0.4, -0.2) is 11.5 Å². The molecule has 1 aromatic heterocycles. The Balaban J connectivity index is 2.06. The average molecular weight is 325 g/mol. The Morgan fingerprint density at radius 2 is 2.06 bits per heavy atom. The molecular weight excluding hydrogens is 308 g/mol. The number of thiazole rings is 1. The van der Waals surface area contributed by atoms with Gasteiger partial charge >= 0.3 is 0 Å². The second-order valence-electron chi connectivity index (χ2n) is 5.18. The van der Waals surface area contributed by atoms with Crippen molar-refractivity contribution in [3.8, 4) is 0 Å². The summed E-state index contributed by atoms with van der Waals surface area (Å²) in [6.07, 6.45) is 6.32. The SMILES string of the molecule is NCC1(c2nc3ccc(Br)cc3s2)CCCCC1. The highest BCUT2D eigenvalue weighted by atomic mass is 79.9. The number of rotatable bonds is 2. The lowest BCUT2D eigenvalue weighted by atomic mass is 9.74. The first-order chi connectivity index (χ1) is 8.73. The lowest BCUT2D eigenvalue weighted by Gasteiger charge is -2.34. The van der Waals surface area contributed by atoms with Crippen molar-refractivity contribution in [2.45, 2.75) is 37.5 Å². The third-order valence-corrected chi connectivity index (χ3v) is 5.76. The monoisotopic (exact) mass is 324 g/mol. The number of nitrogens with zero attached hydrogens (tertiary/aromatic N) is 1. The summed E-state index contributed by atoms with van der Waals surface area (Å²) >= 11 is 5.34. The smallest absolute Gasteiger partial charge is 0.101 e. The van der Waals surface area contributed by atoms with E-state index in [9.17, 15) is 0 Å². The Morgan fingerprint density at radius 3 is 2.78 bits per heavy atom. The zero-order valence-corrected chi connectivity index (χ0v) is 12.7. The van der Waals surface area contributed by atoms with Gasteiger partial charge in [-0.25, -0.2) is 4.98 Å². The number of halogens is 1. The van der Waals surface area contributed by atoms with E-state index in [1.165, 1.54) is 41.8 Å². The number of hydrogen-bond acceptors (Lipinski definition) is 3. The van der Waals surface area contributed by atoms with Crippen LogP contribution in [0.25, 0.3) is 10.2 Å². The molecule has 2 N–H and O–H groups in total. The molecule has 0 atom stereocenters. The van der Waals surface area contributed by atoms with Crippen LogP contribution in [0.1, 0.15) is 37.1 Å². The minimum Gasteiger partial charge on any atom is -0.329 e. The number of benzene rings is 1. The summed E-state index contributed by atoms with van der Waals surface area (Å²) in [5.41, 5.74) is 7.33. The normalized spacial score (nSPS) is 19.2. The summed E-state index contributed by atoms with van der Waals surface area (Å²) in [5, 5.41) is 1.25. The first-order valence-electron chi connectivity index (χ1n) is 6.50. The molecule has 1 aliphatic carbocycles. The van der Waals surface area contributed by atoms with E-state index in [0.29, 0.717) is 0 Å². The lowest BCUT2D eigenvalue weighted by Crippen LogP contribution is -2.36. The van der Waals surface area contributed by atoms with Gasteiger partial charge in [-0.3, -0.25) is 0 Å². The standard InChI is InChI=1S/C14H17BrN2S/c15-10-4-5-11-12(8-10)18-13(17-11)14(9-16)6-2-1-3-7-14/h4-5,8H,1-3,6-7,9,16H2. The van der Waals surface area contributed by atoms with Crippen molar-refractivity contribution in [3.05, 3.63) is 27.7 Å². The molecular formula is C14H17BrN2S. The second-order valence-corrected chi connectivity index (χ2v) is 7.12. The van der Waals surface area contributed by atoms with Gasteiger partial charge in [0.2, 0.25) is 0 Å². The van der Waals surface area contributed by atoms with Gasteiger partial charge in [-0.15, -0.1) is 11.3 Å². The molecule has 0 unspecified atom stereocenters. The molecule has 0 radical (unpaired) electrons. The van der Waals surface area contributed by atoms with Crippen molar-refractivity contribution in [2.75, 3.05) is 6.54 Å². The summed E-state index contributed by atoms with van der Waals surface area (Å²) in [4.78, 5) is 4.84. The molecule has 2 nitrogen and oxygen atoms in total. The van der Waals surface area contributed by atoms with Gasteiger partial charge in [-0.1, -0.05) is 35.2 Å². The van der Waals surface area contributed by atoms with Crippen LogP contribution in [0.2, 0.25) is 0 Å². The largest absolute Gasteiger partial charge is 0.329 e. The Kier molecular flexibility index (Phi) is 3.43. The van der Waals surface area contributed by atoms with Crippen molar-refractivity contribution in [3.63, 3.8) is 0 Å². The first-order valence-corrected chi connectivity index (χ1v) is 8.11. The van der Waals surface area contributed by atoms with Crippen LogP contribution in [0.15, 0.2) is 22.7 Å². The molecule has 1 aromatic carbocycles. The Hall–Kier alpha value is -0.450. The van der Waals surface area contributed by atoms with Gasteiger partial charge in [0.15, 0.2) is 0 Å². The van der Waals surface area contributed by atoms with Crippen molar-refractivity contribution in [1.29, 1.82) is 0 Å². The first kappa shape index (κ1) is 12.6. The molecule has 1 heterocycles. The molecule has 18 heavy (non-hydrogen) atoms. The quantitative estimate of drug-likeness (QED) is 0.898. The average Bonchev–Trinajstić information content (AvgIpc) is 2.83. The van der Waals surface area contributed by atoms with Crippen molar-refractivity contribution >= 4 is 37.5 Å². The predicted octanol–water partition coefficient (Wildman–Crippen LogP) is 4.22. The molecule has 0 saturated heterocycles. The van der Waals surface area contributed by atoms with Crippen LogP contribution in [0, 0.1) is 0 Å². The lowest BCUT2D eigenvalue weighted by molar-refractivity contribution is 0.300. The molecule has 4 heteroatoms. The summed E-state index contributed by atoms with van der Waals surface area (Å²) in [7, 11) is 0. The van der Waals surface area contributed by atoms with Gasteiger partial charge in [-0.05, 0) is 31.0 Å². The zero-order chi connectivity index (χ0) is 12.6. The summed E-state index contributed by atoms with van der Waals surface area (Å²) in [6.45, 7) is 0.730. The van der Waals surface area contributed by atoms with E-state index in [2.05, 4.69) is 34.1 Å². The van der Waals surface area contributed by atoms with Crippen LogP contribution in [-0.2, 0) is 5.41 Å².